The molecular weight excluding hydrogens is 422 g/mol. The molecule has 3 heterocycles. The van der Waals surface area contributed by atoms with Crippen LogP contribution in [0.15, 0.2) is 35.4 Å². The minimum atomic E-state index is -3.99. The lowest BCUT2D eigenvalue weighted by atomic mass is 10.1. The molecule has 4 rings (SSSR count). The number of hydrogen-bond acceptors (Lipinski definition) is 6. The van der Waals surface area contributed by atoms with Crippen molar-refractivity contribution in [2.45, 2.75) is 37.2 Å². The van der Waals surface area contributed by atoms with Crippen molar-refractivity contribution in [3.05, 3.63) is 47.3 Å². The second-order valence-electron chi connectivity index (χ2n) is 7.89. The number of carbonyl (C=O) groups is 2. The second-order valence-corrected chi connectivity index (χ2v) is 9.67. The summed E-state index contributed by atoms with van der Waals surface area (Å²) in [5.74, 6) is -0.836. The Kier molecular flexibility index (Phi) is 5.87. The summed E-state index contributed by atoms with van der Waals surface area (Å²) in [6.45, 7) is 5.85. The molecule has 2 aliphatic rings. The van der Waals surface area contributed by atoms with Crippen molar-refractivity contribution >= 4 is 27.5 Å². The molecular formula is C21H25N3O6S. The SMILES string of the molecule is CC(C)c1cc2n(c1)S(=O)(=O)c1ccc(C(=O)NCCC3COCCO3)cc1NC2=O. The maximum Gasteiger partial charge on any atom is 0.273 e. The first-order valence-corrected chi connectivity index (χ1v) is 11.6. The molecule has 9 nitrogen and oxygen atoms in total. The van der Waals surface area contributed by atoms with Crippen molar-refractivity contribution in [1.29, 1.82) is 0 Å². The molecule has 2 aliphatic heterocycles. The Hall–Kier alpha value is -2.69. The summed E-state index contributed by atoms with van der Waals surface area (Å²) in [7, 11) is -3.99. The number of nitrogens with zero attached hydrogens (tertiary/aromatic N) is 1. The van der Waals surface area contributed by atoms with Crippen LogP contribution in [0.2, 0.25) is 0 Å². The molecule has 166 valence electrons. The molecule has 1 saturated heterocycles. The number of hydrogen-bond donors (Lipinski definition) is 2. The third-order valence-corrected chi connectivity index (χ3v) is 7.10. The topological polar surface area (TPSA) is 116 Å². The summed E-state index contributed by atoms with van der Waals surface area (Å²) in [6.07, 6.45) is 2.02. The molecule has 0 aliphatic carbocycles. The molecule has 2 N–H and O–H groups in total. The van der Waals surface area contributed by atoms with E-state index in [1.54, 1.807) is 6.07 Å². The lowest BCUT2D eigenvalue weighted by molar-refractivity contribution is -0.0899. The van der Waals surface area contributed by atoms with Gasteiger partial charge in [0.2, 0.25) is 0 Å². The van der Waals surface area contributed by atoms with Gasteiger partial charge in [-0.1, -0.05) is 13.8 Å². The molecule has 1 aromatic carbocycles. The van der Waals surface area contributed by atoms with E-state index < -0.39 is 15.9 Å². The monoisotopic (exact) mass is 447 g/mol. The number of fused-ring (bicyclic) bond motifs is 2. The third-order valence-electron chi connectivity index (χ3n) is 5.37. The van der Waals surface area contributed by atoms with Crippen LogP contribution >= 0.6 is 0 Å². The van der Waals surface area contributed by atoms with Crippen LogP contribution in [0.4, 0.5) is 5.69 Å². The van der Waals surface area contributed by atoms with Gasteiger partial charge in [-0.25, -0.2) is 12.4 Å². The van der Waals surface area contributed by atoms with Crippen LogP contribution < -0.4 is 10.6 Å². The summed E-state index contributed by atoms with van der Waals surface area (Å²) in [5, 5.41) is 5.42. The largest absolute Gasteiger partial charge is 0.376 e. The van der Waals surface area contributed by atoms with Crippen molar-refractivity contribution in [3.63, 3.8) is 0 Å². The van der Waals surface area contributed by atoms with Crippen molar-refractivity contribution in [2.75, 3.05) is 31.7 Å². The zero-order valence-electron chi connectivity index (χ0n) is 17.4. The maximum atomic E-state index is 13.2. The first kappa shape index (κ1) is 21.5. The lowest BCUT2D eigenvalue weighted by Crippen LogP contribution is -2.33. The van der Waals surface area contributed by atoms with E-state index >= 15 is 0 Å². The Labute approximate surface area is 180 Å². The van der Waals surface area contributed by atoms with Crippen LogP contribution in [0.3, 0.4) is 0 Å². The van der Waals surface area contributed by atoms with Gasteiger partial charge in [0.1, 0.15) is 10.6 Å². The van der Waals surface area contributed by atoms with E-state index in [4.69, 9.17) is 9.47 Å². The highest BCUT2D eigenvalue weighted by Gasteiger charge is 2.32. The highest BCUT2D eigenvalue weighted by molar-refractivity contribution is 7.90. The van der Waals surface area contributed by atoms with Crippen molar-refractivity contribution in [3.8, 4) is 0 Å². The molecule has 31 heavy (non-hydrogen) atoms. The molecule has 10 heteroatoms. The smallest absolute Gasteiger partial charge is 0.273 e. The summed E-state index contributed by atoms with van der Waals surface area (Å²) in [6, 6.07) is 5.75. The standard InChI is InChI=1S/C21H25N3O6S/c1-13(2)15-10-18-21(26)23-17-9-14(3-4-19(17)31(27,28)24(18)11-15)20(25)22-6-5-16-12-29-7-8-30-16/h3-4,9-11,13,16H,5-8,12H2,1-2H3,(H,22,25)(H,23,26). The van der Waals surface area contributed by atoms with Gasteiger partial charge in [-0.15, -0.1) is 0 Å². The maximum absolute atomic E-state index is 13.2. The van der Waals surface area contributed by atoms with Crippen LogP contribution in [-0.2, 0) is 19.5 Å². The zero-order chi connectivity index (χ0) is 22.2. The van der Waals surface area contributed by atoms with Crippen molar-refractivity contribution < 1.29 is 27.5 Å². The van der Waals surface area contributed by atoms with E-state index in [9.17, 15) is 18.0 Å². The van der Waals surface area contributed by atoms with Crippen LogP contribution in [0.1, 0.15) is 52.6 Å². The lowest BCUT2D eigenvalue weighted by Gasteiger charge is -2.22. The van der Waals surface area contributed by atoms with E-state index in [0.29, 0.717) is 32.8 Å². The number of ether oxygens (including phenoxy) is 2. The average Bonchev–Trinajstić information content (AvgIpc) is 3.19. The van der Waals surface area contributed by atoms with Crippen LogP contribution in [0, 0.1) is 0 Å². The Morgan fingerprint density at radius 1 is 1.29 bits per heavy atom. The first-order valence-electron chi connectivity index (χ1n) is 10.2. The fourth-order valence-electron chi connectivity index (χ4n) is 3.58. The summed E-state index contributed by atoms with van der Waals surface area (Å²) in [4.78, 5) is 25.2. The van der Waals surface area contributed by atoms with Gasteiger partial charge in [-0.3, -0.25) is 9.59 Å². The highest BCUT2D eigenvalue weighted by atomic mass is 32.2. The van der Waals surface area contributed by atoms with Gasteiger partial charge in [-0.2, -0.15) is 0 Å². The van der Waals surface area contributed by atoms with Gasteiger partial charge >= 0.3 is 0 Å². The number of nitrogens with one attached hydrogen (secondary N) is 2. The molecule has 2 amide bonds. The summed E-state index contributed by atoms with van der Waals surface area (Å²) in [5.41, 5.74) is 1.13. The number of amides is 2. The number of rotatable bonds is 5. The Morgan fingerprint density at radius 3 is 2.81 bits per heavy atom. The predicted molar refractivity (Wildman–Crippen MR) is 113 cm³/mol. The molecule has 1 fully saturated rings. The van der Waals surface area contributed by atoms with Gasteiger partial charge < -0.3 is 20.1 Å². The van der Waals surface area contributed by atoms with Gasteiger partial charge in [-0.05, 0) is 42.2 Å². The van der Waals surface area contributed by atoms with Gasteiger partial charge in [0.05, 0.1) is 31.6 Å². The second kappa shape index (κ2) is 8.45. The fourth-order valence-corrected chi connectivity index (χ4v) is 5.08. The zero-order valence-corrected chi connectivity index (χ0v) is 18.2. The van der Waals surface area contributed by atoms with Crippen LogP contribution in [0.5, 0.6) is 0 Å². The minimum Gasteiger partial charge on any atom is -0.376 e. The fraction of sp³-hybridized carbons (Fsp3) is 0.429. The summed E-state index contributed by atoms with van der Waals surface area (Å²) < 4.78 is 38.2. The van der Waals surface area contributed by atoms with Gasteiger partial charge in [0.25, 0.3) is 21.8 Å². The van der Waals surface area contributed by atoms with Crippen molar-refractivity contribution in [2.24, 2.45) is 0 Å². The Bertz CT molecular complexity index is 1120. The molecule has 0 radical (unpaired) electrons. The average molecular weight is 448 g/mol. The van der Waals surface area contributed by atoms with Crippen molar-refractivity contribution in [1.82, 2.24) is 9.29 Å². The van der Waals surface area contributed by atoms with E-state index in [2.05, 4.69) is 10.6 Å². The molecule has 1 atom stereocenters. The summed E-state index contributed by atoms with van der Waals surface area (Å²) >= 11 is 0. The number of anilines is 1. The van der Waals surface area contributed by atoms with Gasteiger partial charge in [0.15, 0.2) is 0 Å². The first-order chi connectivity index (χ1) is 14.8. The number of aromatic nitrogens is 1. The Balaban J connectivity index is 1.55. The quantitative estimate of drug-likeness (QED) is 0.724. The van der Waals surface area contributed by atoms with E-state index in [0.717, 1.165) is 9.54 Å². The van der Waals surface area contributed by atoms with E-state index in [1.807, 2.05) is 13.8 Å². The third kappa shape index (κ3) is 4.23. The molecule has 0 saturated carbocycles. The molecule has 2 aromatic rings. The molecule has 1 aromatic heterocycles. The minimum absolute atomic E-state index is 0.0422. The molecule has 0 spiro atoms. The number of benzene rings is 1. The predicted octanol–water partition coefficient (Wildman–Crippen LogP) is 1.95. The highest BCUT2D eigenvalue weighted by Crippen LogP contribution is 2.32. The molecule has 1 unspecified atom stereocenters. The van der Waals surface area contributed by atoms with E-state index in [1.165, 1.54) is 24.4 Å². The Morgan fingerprint density at radius 2 is 2.10 bits per heavy atom. The van der Waals surface area contributed by atoms with Gasteiger partial charge in [0, 0.05) is 18.3 Å². The van der Waals surface area contributed by atoms with E-state index in [-0.39, 0.29) is 39.8 Å². The number of carbonyl (C=O) groups excluding carboxylic acids is 2. The normalized spacial score (nSPS) is 19.8. The van der Waals surface area contributed by atoms with Crippen LogP contribution in [-0.4, -0.2) is 56.7 Å². The van der Waals surface area contributed by atoms with Crippen LogP contribution in [0.25, 0.3) is 0 Å². The molecule has 0 bridgehead atoms.